The fourth-order valence-corrected chi connectivity index (χ4v) is 1.70. The molecule has 0 saturated heterocycles. The van der Waals surface area contributed by atoms with Gasteiger partial charge in [0.15, 0.2) is 0 Å². The van der Waals surface area contributed by atoms with E-state index in [9.17, 15) is 4.79 Å². The van der Waals surface area contributed by atoms with Crippen LogP contribution in [0.3, 0.4) is 0 Å². The molecule has 0 aliphatic rings. The first-order chi connectivity index (χ1) is 7.15. The third-order valence-corrected chi connectivity index (χ3v) is 2.48. The molecule has 0 unspecified atom stereocenters. The molecule has 3 heteroatoms. The molecule has 0 atom stereocenters. The zero-order valence-corrected chi connectivity index (χ0v) is 8.87. The van der Waals surface area contributed by atoms with E-state index in [0.717, 1.165) is 12.0 Å². The normalized spacial score (nSPS) is 9.67. The standard InChI is InChI=1S/C12H13NO2/c1-3-8-5-6-10(12(14)15)9(4-2)11(8)7-13/h5-6H,3-4H2,1-2H3,(H,14,15). The highest BCUT2D eigenvalue weighted by Crippen LogP contribution is 2.20. The molecule has 0 aromatic heterocycles. The van der Waals surface area contributed by atoms with Crippen molar-refractivity contribution in [3.63, 3.8) is 0 Å². The van der Waals surface area contributed by atoms with Crippen LogP contribution in [0.25, 0.3) is 0 Å². The van der Waals surface area contributed by atoms with E-state index in [1.807, 2.05) is 13.8 Å². The number of rotatable bonds is 3. The smallest absolute Gasteiger partial charge is 0.336 e. The minimum absolute atomic E-state index is 0.242. The van der Waals surface area contributed by atoms with Gasteiger partial charge in [0.2, 0.25) is 0 Å². The van der Waals surface area contributed by atoms with Gasteiger partial charge in [-0.3, -0.25) is 0 Å². The Kier molecular flexibility index (Phi) is 3.46. The molecule has 1 N–H and O–H groups in total. The first-order valence-corrected chi connectivity index (χ1v) is 4.93. The largest absolute Gasteiger partial charge is 0.478 e. The van der Waals surface area contributed by atoms with Crippen molar-refractivity contribution < 1.29 is 9.90 Å². The summed E-state index contributed by atoms with van der Waals surface area (Å²) in [4.78, 5) is 10.9. The first-order valence-electron chi connectivity index (χ1n) is 4.93. The molecular formula is C12H13NO2. The number of hydrogen-bond acceptors (Lipinski definition) is 2. The van der Waals surface area contributed by atoms with E-state index >= 15 is 0 Å². The monoisotopic (exact) mass is 203 g/mol. The maximum atomic E-state index is 10.9. The molecule has 3 nitrogen and oxygen atoms in total. The summed E-state index contributed by atoms with van der Waals surface area (Å²) in [5.41, 5.74) is 2.33. The molecule has 0 saturated carbocycles. The van der Waals surface area contributed by atoms with Crippen molar-refractivity contribution in [2.45, 2.75) is 26.7 Å². The zero-order chi connectivity index (χ0) is 11.4. The lowest BCUT2D eigenvalue weighted by Gasteiger charge is -2.09. The second kappa shape index (κ2) is 4.61. The highest BCUT2D eigenvalue weighted by Gasteiger charge is 2.15. The van der Waals surface area contributed by atoms with Crippen molar-refractivity contribution in [3.05, 3.63) is 34.4 Å². The van der Waals surface area contributed by atoms with E-state index in [1.165, 1.54) is 0 Å². The summed E-state index contributed by atoms with van der Waals surface area (Å²) in [6.45, 7) is 3.82. The van der Waals surface area contributed by atoms with Crippen LogP contribution in [-0.4, -0.2) is 11.1 Å². The van der Waals surface area contributed by atoms with E-state index in [4.69, 9.17) is 10.4 Å². The lowest BCUT2D eigenvalue weighted by atomic mass is 9.94. The van der Waals surface area contributed by atoms with Crippen LogP contribution < -0.4 is 0 Å². The Bertz CT molecular complexity index is 430. The Hall–Kier alpha value is -1.82. The minimum Gasteiger partial charge on any atom is -0.478 e. The summed E-state index contributed by atoms with van der Waals surface area (Å²) in [7, 11) is 0. The van der Waals surface area contributed by atoms with E-state index in [0.29, 0.717) is 17.5 Å². The molecule has 1 aromatic carbocycles. The topological polar surface area (TPSA) is 61.1 Å². The molecule has 0 heterocycles. The number of benzene rings is 1. The summed E-state index contributed by atoms with van der Waals surface area (Å²) in [6.07, 6.45) is 1.31. The Morgan fingerprint density at radius 3 is 2.47 bits per heavy atom. The Balaban J connectivity index is 3.50. The summed E-state index contributed by atoms with van der Waals surface area (Å²) in [5.74, 6) is -0.967. The van der Waals surface area contributed by atoms with Gasteiger partial charge in [-0.2, -0.15) is 5.26 Å². The van der Waals surface area contributed by atoms with Crippen molar-refractivity contribution in [1.29, 1.82) is 5.26 Å². The van der Waals surface area contributed by atoms with Crippen molar-refractivity contribution in [2.24, 2.45) is 0 Å². The third kappa shape index (κ3) is 1.99. The number of nitrogens with zero attached hydrogens (tertiary/aromatic N) is 1. The molecular weight excluding hydrogens is 190 g/mol. The SMILES string of the molecule is CCc1ccc(C(=O)O)c(CC)c1C#N. The van der Waals surface area contributed by atoms with Gasteiger partial charge >= 0.3 is 5.97 Å². The van der Waals surface area contributed by atoms with Gasteiger partial charge in [-0.25, -0.2) is 4.79 Å². The summed E-state index contributed by atoms with van der Waals surface area (Å²) in [6, 6.07) is 5.41. The maximum Gasteiger partial charge on any atom is 0.336 e. The van der Waals surface area contributed by atoms with Crippen LogP contribution in [0, 0.1) is 11.3 Å². The molecule has 1 aromatic rings. The van der Waals surface area contributed by atoms with Crippen LogP contribution in [0.1, 0.15) is 40.9 Å². The lowest BCUT2D eigenvalue weighted by molar-refractivity contribution is 0.0695. The van der Waals surface area contributed by atoms with Crippen LogP contribution in [0.15, 0.2) is 12.1 Å². The molecule has 0 fully saturated rings. The fourth-order valence-electron chi connectivity index (χ4n) is 1.70. The molecule has 0 aliphatic carbocycles. The average molecular weight is 203 g/mol. The number of hydrogen-bond donors (Lipinski definition) is 1. The Labute approximate surface area is 89.0 Å². The van der Waals surface area contributed by atoms with Crippen LogP contribution >= 0.6 is 0 Å². The zero-order valence-electron chi connectivity index (χ0n) is 8.87. The van der Waals surface area contributed by atoms with Crippen LogP contribution in [0.4, 0.5) is 0 Å². The Morgan fingerprint density at radius 1 is 1.40 bits per heavy atom. The predicted octanol–water partition coefficient (Wildman–Crippen LogP) is 2.38. The van der Waals surface area contributed by atoms with Crippen molar-refractivity contribution in [1.82, 2.24) is 0 Å². The Morgan fingerprint density at radius 2 is 2.07 bits per heavy atom. The van der Waals surface area contributed by atoms with E-state index in [2.05, 4.69) is 6.07 Å². The second-order valence-electron chi connectivity index (χ2n) is 3.25. The maximum absolute atomic E-state index is 10.9. The highest BCUT2D eigenvalue weighted by molar-refractivity contribution is 5.90. The first kappa shape index (κ1) is 11.3. The highest BCUT2D eigenvalue weighted by atomic mass is 16.4. The van der Waals surface area contributed by atoms with E-state index in [1.54, 1.807) is 12.1 Å². The van der Waals surface area contributed by atoms with Gasteiger partial charge in [0, 0.05) is 0 Å². The van der Waals surface area contributed by atoms with Gasteiger partial charge in [-0.05, 0) is 30.0 Å². The third-order valence-electron chi connectivity index (χ3n) is 2.48. The van der Waals surface area contributed by atoms with Gasteiger partial charge in [0.1, 0.15) is 0 Å². The number of aromatic carboxylic acids is 1. The van der Waals surface area contributed by atoms with Crippen LogP contribution in [0.5, 0.6) is 0 Å². The number of nitriles is 1. The molecule has 0 amide bonds. The van der Waals surface area contributed by atoms with E-state index < -0.39 is 5.97 Å². The van der Waals surface area contributed by atoms with Crippen molar-refractivity contribution >= 4 is 5.97 Å². The number of carboxylic acids is 1. The predicted molar refractivity (Wildman–Crippen MR) is 56.9 cm³/mol. The van der Waals surface area contributed by atoms with Gasteiger partial charge in [-0.15, -0.1) is 0 Å². The average Bonchev–Trinajstić information content (AvgIpc) is 2.26. The molecule has 15 heavy (non-hydrogen) atoms. The van der Waals surface area contributed by atoms with Gasteiger partial charge in [-0.1, -0.05) is 19.9 Å². The fraction of sp³-hybridized carbons (Fsp3) is 0.333. The summed E-state index contributed by atoms with van der Waals surface area (Å²) in [5, 5.41) is 18.0. The summed E-state index contributed by atoms with van der Waals surface area (Å²) >= 11 is 0. The van der Waals surface area contributed by atoms with Crippen molar-refractivity contribution in [3.8, 4) is 6.07 Å². The van der Waals surface area contributed by atoms with Gasteiger partial charge < -0.3 is 5.11 Å². The van der Waals surface area contributed by atoms with Crippen molar-refractivity contribution in [2.75, 3.05) is 0 Å². The molecule has 1 rings (SSSR count). The lowest BCUT2D eigenvalue weighted by Crippen LogP contribution is -2.06. The molecule has 0 spiro atoms. The molecule has 78 valence electrons. The van der Waals surface area contributed by atoms with Gasteiger partial charge in [0.25, 0.3) is 0 Å². The quantitative estimate of drug-likeness (QED) is 0.820. The number of aryl methyl sites for hydroxylation is 1. The van der Waals surface area contributed by atoms with Crippen LogP contribution in [-0.2, 0) is 12.8 Å². The number of carboxylic acid groups (broad SMARTS) is 1. The van der Waals surface area contributed by atoms with Gasteiger partial charge in [0.05, 0.1) is 17.2 Å². The molecule has 0 radical (unpaired) electrons. The van der Waals surface area contributed by atoms with Crippen LogP contribution in [0.2, 0.25) is 0 Å². The second-order valence-corrected chi connectivity index (χ2v) is 3.25. The number of carbonyl (C=O) groups is 1. The minimum atomic E-state index is -0.967. The molecule has 0 aliphatic heterocycles. The molecule has 0 bridgehead atoms. The summed E-state index contributed by atoms with van der Waals surface area (Å²) < 4.78 is 0. The van der Waals surface area contributed by atoms with E-state index in [-0.39, 0.29) is 5.56 Å².